The molecule has 2 aromatic carbocycles. The van der Waals surface area contributed by atoms with Gasteiger partial charge in [0, 0.05) is 41.0 Å². The first kappa shape index (κ1) is 20.4. The Hall–Kier alpha value is -4.18. The molecule has 10 heteroatoms. The number of ether oxygens (including phenoxy) is 1. The zero-order chi connectivity index (χ0) is 23.3. The highest BCUT2D eigenvalue weighted by molar-refractivity contribution is 7.15. The van der Waals surface area contributed by atoms with Gasteiger partial charge >= 0.3 is 6.03 Å². The molecule has 1 spiro atoms. The fraction of sp³-hybridized carbons (Fsp3) is 0.167. The Balaban J connectivity index is 1.16. The number of hydrogen-bond acceptors (Lipinski definition) is 6. The molecule has 4 heterocycles. The Labute approximate surface area is 198 Å². The topological polar surface area (TPSA) is 105 Å². The summed E-state index contributed by atoms with van der Waals surface area (Å²) in [6.07, 6.45) is 4.20. The van der Waals surface area contributed by atoms with Crippen molar-refractivity contribution in [3.8, 4) is 17.0 Å². The standard InChI is InChI=1S/C24H19N5O4S/c30-20(25-16-7-5-15(6-8-16)18-13-28-10-12-34-23(28)26-18)14-29-21(31)24(27-22(29)32)9-11-33-19-4-2-1-3-17(19)24/h1-8,10,12-13H,9,11,14H2,(H,25,30)(H,27,32)/t24-/m0/s1. The summed E-state index contributed by atoms with van der Waals surface area (Å²) < 4.78 is 7.59. The van der Waals surface area contributed by atoms with Crippen molar-refractivity contribution in [2.24, 2.45) is 0 Å². The summed E-state index contributed by atoms with van der Waals surface area (Å²) in [6.45, 7) is -0.0847. The zero-order valence-corrected chi connectivity index (χ0v) is 18.7. The van der Waals surface area contributed by atoms with Crippen molar-refractivity contribution < 1.29 is 19.1 Å². The molecule has 6 rings (SSSR count). The quantitative estimate of drug-likeness (QED) is 0.443. The summed E-state index contributed by atoms with van der Waals surface area (Å²) in [6, 6.07) is 13.8. The number of amides is 4. The molecule has 34 heavy (non-hydrogen) atoms. The van der Waals surface area contributed by atoms with Gasteiger partial charge in [-0.05, 0) is 18.2 Å². The van der Waals surface area contributed by atoms with E-state index in [2.05, 4.69) is 15.6 Å². The third-order valence-corrected chi connectivity index (χ3v) is 6.89. The number of imidazole rings is 1. The highest BCUT2D eigenvalue weighted by Crippen LogP contribution is 2.40. The number of fused-ring (bicyclic) bond motifs is 3. The van der Waals surface area contributed by atoms with Crippen molar-refractivity contribution in [3.05, 3.63) is 71.9 Å². The van der Waals surface area contributed by atoms with Crippen LogP contribution >= 0.6 is 11.3 Å². The maximum atomic E-state index is 13.3. The molecule has 1 saturated heterocycles. The molecule has 1 fully saturated rings. The molecule has 0 radical (unpaired) electrons. The minimum atomic E-state index is -1.20. The number of hydrogen-bond donors (Lipinski definition) is 2. The van der Waals surface area contributed by atoms with E-state index in [0.717, 1.165) is 21.1 Å². The van der Waals surface area contributed by atoms with E-state index < -0.39 is 23.4 Å². The molecule has 0 bridgehead atoms. The lowest BCUT2D eigenvalue weighted by Crippen LogP contribution is -2.48. The van der Waals surface area contributed by atoms with E-state index in [0.29, 0.717) is 30.0 Å². The van der Waals surface area contributed by atoms with Crippen LogP contribution in [-0.4, -0.2) is 45.3 Å². The van der Waals surface area contributed by atoms with Gasteiger partial charge in [0.2, 0.25) is 5.91 Å². The number of nitrogens with one attached hydrogen (secondary N) is 2. The predicted molar refractivity (Wildman–Crippen MR) is 126 cm³/mol. The molecule has 0 aliphatic carbocycles. The van der Waals surface area contributed by atoms with Gasteiger partial charge in [0.05, 0.1) is 12.3 Å². The van der Waals surface area contributed by atoms with Crippen molar-refractivity contribution >= 4 is 39.8 Å². The van der Waals surface area contributed by atoms with Crippen molar-refractivity contribution in [1.29, 1.82) is 0 Å². The monoisotopic (exact) mass is 473 g/mol. The van der Waals surface area contributed by atoms with Crippen LogP contribution in [0.25, 0.3) is 16.2 Å². The van der Waals surface area contributed by atoms with Crippen LogP contribution in [0.15, 0.2) is 66.3 Å². The number of imide groups is 1. The van der Waals surface area contributed by atoms with E-state index in [1.54, 1.807) is 41.7 Å². The van der Waals surface area contributed by atoms with Gasteiger partial charge in [-0.3, -0.25) is 18.9 Å². The number of carbonyl (C=O) groups excluding carboxylic acids is 3. The van der Waals surface area contributed by atoms with Crippen LogP contribution in [0.2, 0.25) is 0 Å². The smallest absolute Gasteiger partial charge is 0.325 e. The van der Waals surface area contributed by atoms with Gasteiger partial charge in [0.15, 0.2) is 10.5 Å². The highest BCUT2D eigenvalue weighted by Gasteiger charge is 2.55. The van der Waals surface area contributed by atoms with E-state index in [4.69, 9.17) is 4.74 Å². The Bertz CT molecular complexity index is 1410. The highest BCUT2D eigenvalue weighted by atomic mass is 32.1. The summed E-state index contributed by atoms with van der Waals surface area (Å²) in [5.41, 5.74) is 1.73. The lowest BCUT2D eigenvalue weighted by atomic mass is 9.84. The zero-order valence-electron chi connectivity index (χ0n) is 17.9. The second-order valence-corrected chi connectivity index (χ2v) is 9.04. The first-order valence-corrected chi connectivity index (χ1v) is 11.6. The number of nitrogens with zero attached hydrogens (tertiary/aromatic N) is 3. The number of anilines is 1. The number of thiazole rings is 1. The maximum Gasteiger partial charge on any atom is 0.325 e. The summed E-state index contributed by atoms with van der Waals surface area (Å²) in [7, 11) is 0. The van der Waals surface area contributed by atoms with Crippen LogP contribution in [0.3, 0.4) is 0 Å². The first-order valence-electron chi connectivity index (χ1n) is 10.7. The molecule has 170 valence electrons. The van der Waals surface area contributed by atoms with Crippen LogP contribution < -0.4 is 15.4 Å². The first-order chi connectivity index (χ1) is 16.5. The number of carbonyl (C=O) groups is 3. The van der Waals surface area contributed by atoms with Crippen LogP contribution in [0, 0.1) is 0 Å². The molecular formula is C24H19N5O4S. The van der Waals surface area contributed by atoms with Gasteiger partial charge in [-0.1, -0.05) is 30.3 Å². The summed E-state index contributed by atoms with van der Waals surface area (Å²) in [5, 5.41) is 7.53. The van der Waals surface area contributed by atoms with E-state index >= 15 is 0 Å². The molecule has 2 N–H and O–H groups in total. The number of rotatable bonds is 4. The van der Waals surface area contributed by atoms with Gasteiger partial charge in [-0.15, -0.1) is 11.3 Å². The van der Waals surface area contributed by atoms with Crippen LogP contribution in [-0.2, 0) is 15.1 Å². The van der Waals surface area contributed by atoms with Gasteiger partial charge in [0.25, 0.3) is 5.91 Å². The largest absolute Gasteiger partial charge is 0.493 e. The molecule has 2 aromatic heterocycles. The predicted octanol–water partition coefficient (Wildman–Crippen LogP) is 3.23. The van der Waals surface area contributed by atoms with Crippen LogP contribution in [0.4, 0.5) is 10.5 Å². The van der Waals surface area contributed by atoms with E-state index in [9.17, 15) is 14.4 Å². The maximum absolute atomic E-state index is 13.3. The normalized spacial score (nSPS) is 19.2. The van der Waals surface area contributed by atoms with Gasteiger partial charge in [0.1, 0.15) is 12.3 Å². The minimum Gasteiger partial charge on any atom is -0.493 e. The Morgan fingerprint density at radius 1 is 1.18 bits per heavy atom. The van der Waals surface area contributed by atoms with Crippen molar-refractivity contribution in [3.63, 3.8) is 0 Å². The molecule has 2 aliphatic rings. The van der Waals surface area contributed by atoms with Gasteiger partial charge in [-0.25, -0.2) is 9.78 Å². The van der Waals surface area contributed by atoms with Crippen LogP contribution in [0.1, 0.15) is 12.0 Å². The van der Waals surface area contributed by atoms with Gasteiger partial charge < -0.3 is 15.4 Å². The molecular weight excluding hydrogens is 454 g/mol. The number of aromatic nitrogens is 2. The molecule has 2 aliphatic heterocycles. The van der Waals surface area contributed by atoms with E-state index in [1.165, 1.54) is 0 Å². The molecule has 1 atom stereocenters. The molecule has 4 aromatic rings. The average molecular weight is 474 g/mol. The van der Waals surface area contributed by atoms with Crippen molar-refractivity contribution in [1.82, 2.24) is 19.6 Å². The minimum absolute atomic E-state index is 0.296. The van der Waals surface area contributed by atoms with Crippen LogP contribution in [0.5, 0.6) is 5.75 Å². The third-order valence-electron chi connectivity index (χ3n) is 6.12. The Kier molecular flexibility index (Phi) is 4.63. The molecule has 0 unspecified atom stereocenters. The summed E-state index contributed by atoms with van der Waals surface area (Å²) >= 11 is 1.56. The summed E-state index contributed by atoms with van der Waals surface area (Å²) in [4.78, 5) is 45.1. The Morgan fingerprint density at radius 2 is 2.00 bits per heavy atom. The van der Waals surface area contributed by atoms with E-state index in [1.807, 2.05) is 40.4 Å². The lowest BCUT2D eigenvalue weighted by molar-refractivity contribution is -0.135. The molecule has 4 amide bonds. The van der Waals surface area contributed by atoms with Crippen molar-refractivity contribution in [2.45, 2.75) is 12.0 Å². The van der Waals surface area contributed by atoms with E-state index in [-0.39, 0.29) is 6.54 Å². The second-order valence-electron chi connectivity index (χ2n) is 8.17. The Morgan fingerprint density at radius 3 is 2.82 bits per heavy atom. The lowest BCUT2D eigenvalue weighted by Gasteiger charge is -2.33. The fourth-order valence-electron chi connectivity index (χ4n) is 4.45. The third kappa shape index (κ3) is 3.22. The second kappa shape index (κ2) is 7.70. The average Bonchev–Trinajstić information content (AvgIpc) is 3.50. The number of benzene rings is 2. The number of para-hydroxylation sites is 1. The molecule has 0 saturated carbocycles. The SMILES string of the molecule is O=C(CN1C(=O)N[C@]2(CCOc3ccccc32)C1=O)Nc1ccc(-c2cn3ccsc3n2)cc1. The fourth-order valence-corrected chi connectivity index (χ4v) is 5.15. The molecule has 9 nitrogen and oxygen atoms in total. The van der Waals surface area contributed by atoms with Crippen molar-refractivity contribution in [2.75, 3.05) is 18.5 Å². The summed E-state index contributed by atoms with van der Waals surface area (Å²) in [5.74, 6) is -0.346. The van der Waals surface area contributed by atoms with Gasteiger partial charge in [-0.2, -0.15) is 0 Å². The number of urea groups is 1.